The maximum atomic E-state index is 14.6. The third-order valence-electron chi connectivity index (χ3n) is 10.7. The van der Waals surface area contributed by atoms with Crippen LogP contribution in [0.5, 0.6) is 0 Å². The van der Waals surface area contributed by atoms with E-state index in [-0.39, 0.29) is 32.7 Å². The molecule has 8 atom stereocenters. The second-order valence-electron chi connectivity index (χ2n) is 13.4. The van der Waals surface area contributed by atoms with Crippen molar-refractivity contribution in [2.75, 3.05) is 6.61 Å². The van der Waals surface area contributed by atoms with Gasteiger partial charge < -0.3 is 39.2 Å². The van der Waals surface area contributed by atoms with Crippen LogP contribution in [0.2, 0.25) is 0 Å². The van der Waals surface area contributed by atoms with Crippen LogP contribution < -0.4 is 5.32 Å². The van der Waals surface area contributed by atoms with Crippen molar-refractivity contribution in [3.8, 4) is 0 Å². The molecule has 0 saturated carbocycles. The minimum Gasteiger partial charge on any atom is -0.481 e. The van der Waals surface area contributed by atoms with Gasteiger partial charge in [0.05, 0.1) is 43.2 Å². The number of nitrogens with one attached hydrogen (secondary N) is 1. The van der Waals surface area contributed by atoms with Gasteiger partial charge in [-0.25, -0.2) is 0 Å². The maximum Gasteiger partial charge on any atom is 0.313 e. The van der Waals surface area contributed by atoms with E-state index in [1.54, 1.807) is 27.7 Å². The topological polar surface area (TPSA) is 150 Å². The monoisotopic (exact) mass is 703 g/mol. The molecule has 274 valence electrons. The van der Waals surface area contributed by atoms with Gasteiger partial charge in [-0.1, -0.05) is 105 Å². The van der Waals surface area contributed by atoms with Crippen molar-refractivity contribution >= 4 is 17.9 Å². The Balaban J connectivity index is 1.50. The third-order valence-corrected chi connectivity index (χ3v) is 10.7. The van der Waals surface area contributed by atoms with E-state index in [4.69, 9.17) is 23.7 Å². The van der Waals surface area contributed by atoms with Crippen LogP contribution in [0, 0.1) is 16.7 Å². The summed E-state index contributed by atoms with van der Waals surface area (Å²) < 4.78 is 31.6. The lowest BCUT2D eigenvalue weighted by molar-refractivity contribution is -0.221. The smallest absolute Gasteiger partial charge is 0.313 e. The number of ether oxygens (including phenoxy) is 5. The summed E-state index contributed by atoms with van der Waals surface area (Å²) in [4.78, 5) is 40.9. The largest absolute Gasteiger partial charge is 0.481 e. The van der Waals surface area contributed by atoms with Crippen molar-refractivity contribution in [1.82, 2.24) is 5.32 Å². The van der Waals surface area contributed by atoms with Gasteiger partial charge in [-0.3, -0.25) is 14.4 Å². The molecule has 0 bridgehead atoms. The van der Waals surface area contributed by atoms with Gasteiger partial charge in [0.2, 0.25) is 6.29 Å². The second-order valence-corrected chi connectivity index (χ2v) is 13.4. The number of aliphatic carboxylic acids is 2. The Morgan fingerprint density at radius 1 is 0.686 bits per heavy atom. The molecule has 0 radical (unpaired) electrons. The van der Waals surface area contributed by atoms with Crippen LogP contribution in [0.15, 0.2) is 91.0 Å². The summed E-state index contributed by atoms with van der Waals surface area (Å²) in [5, 5.41) is 24.6. The van der Waals surface area contributed by atoms with E-state index in [1.165, 1.54) is 0 Å². The van der Waals surface area contributed by atoms with Crippen molar-refractivity contribution in [3.63, 3.8) is 0 Å². The molecule has 5 unspecified atom stereocenters. The molecule has 3 aromatic rings. The van der Waals surface area contributed by atoms with Gasteiger partial charge in [-0.05, 0) is 43.4 Å². The van der Waals surface area contributed by atoms with Crippen LogP contribution in [0.1, 0.15) is 57.2 Å². The van der Waals surface area contributed by atoms with Crippen LogP contribution in [0.3, 0.4) is 0 Å². The Morgan fingerprint density at radius 3 is 1.55 bits per heavy atom. The molecular weight excluding hydrogens is 654 g/mol. The van der Waals surface area contributed by atoms with Crippen molar-refractivity contribution in [3.05, 3.63) is 108 Å². The summed E-state index contributed by atoms with van der Waals surface area (Å²) in [6, 6.07) is 27.2. The first-order valence-electron chi connectivity index (χ1n) is 17.6. The van der Waals surface area contributed by atoms with Gasteiger partial charge in [-0.2, -0.15) is 0 Å². The standard InChI is InChI=1S/C40H49NO10/c1-5-39(37(43)44)26(3)41-27(4)40(6-2,38(45)46)34(39)35(42)51-36-33(49-24-30-20-14-9-15-21-30)32(48-23-29-18-12-8-13-19-29)31(50-36)25-47-22-28-16-10-7-11-17-28/h7-21,26-27,31-34,36,41H,5-6,22-25H2,1-4H3,(H,43,44)(H,45,46)/t26?,27?,31-,32-,33+,34?,36?,39?,40?/m1/s1. The molecule has 3 aromatic carbocycles. The molecule has 11 nitrogen and oxygen atoms in total. The number of benzene rings is 3. The summed E-state index contributed by atoms with van der Waals surface area (Å²) in [6.07, 6.45) is -3.90. The van der Waals surface area contributed by atoms with Crippen LogP contribution in [-0.4, -0.2) is 71.4 Å². The zero-order chi connectivity index (χ0) is 36.6. The first-order chi connectivity index (χ1) is 24.6. The fourth-order valence-electron chi connectivity index (χ4n) is 7.87. The normalized spacial score (nSPS) is 30.5. The maximum absolute atomic E-state index is 14.6. The number of hydrogen-bond donors (Lipinski definition) is 3. The fourth-order valence-corrected chi connectivity index (χ4v) is 7.87. The molecule has 2 saturated heterocycles. The molecule has 2 aliphatic rings. The molecule has 5 rings (SSSR count). The van der Waals surface area contributed by atoms with E-state index < -0.39 is 71.3 Å². The third kappa shape index (κ3) is 7.88. The Hall–Kier alpha value is -4.13. The summed E-state index contributed by atoms with van der Waals surface area (Å²) >= 11 is 0. The van der Waals surface area contributed by atoms with Crippen molar-refractivity contribution < 1.29 is 48.3 Å². The fraction of sp³-hybridized carbons (Fsp3) is 0.475. The van der Waals surface area contributed by atoms with E-state index in [0.29, 0.717) is 6.61 Å². The molecule has 51 heavy (non-hydrogen) atoms. The van der Waals surface area contributed by atoms with Crippen molar-refractivity contribution in [2.45, 2.75) is 97.0 Å². The predicted octanol–water partition coefficient (Wildman–Crippen LogP) is 5.60. The number of carbonyl (C=O) groups is 3. The highest BCUT2D eigenvalue weighted by Crippen LogP contribution is 2.54. The van der Waals surface area contributed by atoms with Gasteiger partial charge in [0, 0.05) is 12.1 Å². The highest BCUT2D eigenvalue weighted by atomic mass is 16.7. The molecule has 3 N–H and O–H groups in total. The number of carboxylic acid groups (broad SMARTS) is 2. The number of piperidine rings is 1. The van der Waals surface area contributed by atoms with Crippen molar-refractivity contribution in [2.24, 2.45) is 16.7 Å². The quantitative estimate of drug-likeness (QED) is 0.160. The number of hydrogen-bond acceptors (Lipinski definition) is 9. The Morgan fingerprint density at radius 2 is 1.12 bits per heavy atom. The van der Waals surface area contributed by atoms with Gasteiger partial charge >= 0.3 is 17.9 Å². The summed E-state index contributed by atoms with van der Waals surface area (Å²) in [5.74, 6) is -5.09. The minimum atomic E-state index is -1.79. The van der Waals surface area contributed by atoms with Crippen LogP contribution in [-0.2, 0) is 57.9 Å². The first-order valence-corrected chi connectivity index (χ1v) is 17.6. The number of carbonyl (C=O) groups excluding carboxylic acids is 1. The van der Waals surface area contributed by atoms with Crippen LogP contribution >= 0.6 is 0 Å². The van der Waals surface area contributed by atoms with E-state index in [9.17, 15) is 24.6 Å². The lowest BCUT2D eigenvalue weighted by atomic mass is 9.52. The number of carboxylic acids is 2. The Kier molecular flexibility index (Phi) is 12.6. The van der Waals surface area contributed by atoms with E-state index in [1.807, 2.05) is 91.0 Å². The summed E-state index contributed by atoms with van der Waals surface area (Å²) in [6.45, 7) is 7.34. The lowest BCUT2D eigenvalue weighted by Crippen LogP contribution is -2.72. The molecule has 0 spiro atoms. The molecule has 2 aliphatic heterocycles. The Labute approximate surface area is 299 Å². The number of rotatable bonds is 16. The van der Waals surface area contributed by atoms with Gasteiger partial charge in [-0.15, -0.1) is 0 Å². The Bertz CT molecular complexity index is 1560. The molecule has 0 aromatic heterocycles. The first kappa shape index (κ1) is 38.1. The molecule has 2 fully saturated rings. The highest BCUT2D eigenvalue weighted by Gasteiger charge is 2.69. The second kappa shape index (κ2) is 16.9. The van der Waals surface area contributed by atoms with E-state index >= 15 is 0 Å². The van der Waals surface area contributed by atoms with Crippen LogP contribution in [0.25, 0.3) is 0 Å². The van der Waals surface area contributed by atoms with Gasteiger partial charge in [0.15, 0.2) is 0 Å². The molecular formula is C40H49NO10. The van der Waals surface area contributed by atoms with Gasteiger partial charge in [0.25, 0.3) is 0 Å². The predicted molar refractivity (Wildman–Crippen MR) is 187 cm³/mol. The van der Waals surface area contributed by atoms with Crippen molar-refractivity contribution in [1.29, 1.82) is 0 Å². The molecule has 0 amide bonds. The average molecular weight is 704 g/mol. The molecule has 2 heterocycles. The zero-order valence-electron chi connectivity index (χ0n) is 29.6. The number of esters is 1. The highest BCUT2D eigenvalue weighted by molar-refractivity contribution is 5.92. The zero-order valence-corrected chi connectivity index (χ0v) is 29.6. The van der Waals surface area contributed by atoms with E-state index in [0.717, 1.165) is 16.7 Å². The molecule has 11 heteroatoms. The van der Waals surface area contributed by atoms with Gasteiger partial charge in [0.1, 0.15) is 18.3 Å². The molecule has 0 aliphatic carbocycles. The SMILES string of the molecule is CCC1(C(=O)O)C(C)NC(C)C(CC)(C(=O)O)C1C(=O)OC1O[C@H](COCc2ccccc2)[C@@H](OCc2ccccc2)[C@@H]1OCc1ccccc1. The summed E-state index contributed by atoms with van der Waals surface area (Å²) in [7, 11) is 0. The van der Waals surface area contributed by atoms with Crippen LogP contribution in [0.4, 0.5) is 0 Å². The average Bonchev–Trinajstić information content (AvgIpc) is 3.45. The van der Waals surface area contributed by atoms with E-state index in [2.05, 4.69) is 5.32 Å². The minimum absolute atomic E-state index is 0.0176. The summed E-state index contributed by atoms with van der Waals surface area (Å²) in [5.41, 5.74) is -0.859. The lowest BCUT2D eigenvalue weighted by Gasteiger charge is -2.55.